The number of rotatable bonds is 7. The largest absolute Gasteiger partial charge is 0.379 e. The maximum absolute atomic E-state index is 5.57. The van der Waals surface area contributed by atoms with E-state index >= 15 is 0 Å². The molecular formula is C12H21NOS. The molecule has 86 valence electrons. The van der Waals surface area contributed by atoms with E-state index in [0.717, 1.165) is 19.4 Å². The molecule has 0 aliphatic carbocycles. The molecule has 0 saturated heterocycles. The van der Waals surface area contributed by atoms with Gasteiger partial charge in [-0.25, -0.2) is 0 Å². The molecule has 0 aromatic carbocycles. The number of nitrogens with one attached hydrogen (secondary N) is 1. The molecule has 0 radical (unpaired) electrons. The SMILES string of the molecule is CCCC(OC)C(NCC)c1cccs1. The Hall–Kier alpha value is -0.380. The monoisotopic (exact) mass is 227 g/mol. The summed E-state index contributed by atoms with van der Waals surface area (Å²) < 4.78 is 5.57. The highest BCUT2D eigenvalue weighted by atomic mass is 32.1. The molecule has 0 aliphatic heterocycles. The van der Waals surface area contributed by atoms with E-state index in [1.165, 1.54) is 4.88 Å². The van der Waals surface area contributed by atoms with Crippen molar-refractivity contribution in [2.24, 2.45) is 0 Å². The molecule has 2 atom stereocenters. The van der Waals surface area contributed by atoms with Crippen LogP contribution in [0.25, 0.3) is 0 Å². The third-order valence-corrected chi connectivity index (χ3v) is 3.48. The summed E-state index contributed by atoms with van der Waals surface area (Å²) in [6.07, 6.45) is 2.55. The molecule has 0 spiro atoms. The minimum absolute atomic E-state index is 0.286. The Morgan fingerprint density at radius 2 is 2.27 bits per heavy atom. The molecule has 0 fully saturated rings. The van der Waals surface area contributed by atoms with Crippen molar-refractivity contribution < 1.29 is 4.74 Å². The average molecular weight is 227 g/mol. The van der Waals surface area contributed by atoms with Crippen LogP contribution in [-0.4, -0.2) is 19.8 Å². The van der Waals surface area contributed by atoms with Gasteiger partial charge in [0.15, 0.2) is 0 Å². The minimum atomic E-state index is 0.286. The van der Waals surface area contributed by atoms with Crippen molar-refractivity contribution in [3.8, 4) is 0 Å². The Balaban J connectivity index is 2.71. The smallest absolute Gasteiger partial charge is 0.0773 e. The van der Waals surface area contributed by atoms with Gasteiger partial charge in [0.05, 0.1) is 12.1 Å². The first-order chi connectivity index (χ1) is 7.33. The van der Waals surface area contributed by atoms with E-state index in [0.29, 0.717) is 6.04 Å². The second-order valence-corrected chi connectivity index (χ2v) is 4.59. The molecule has 0 amide bonds. The second-order valence-electron chi connectivity index (χ2n) is 3.61. The van der Waals surface area contributed by atoms with Crippen LogP contribution in [0.15, 0.2) is 17.5 Å². The van der Waals surface area contributed by atoms with Crippen LogP contribution in [0.4, 0.5) is 0 Å². The first kappa shape index (κ1) is 12.7. The fraction of sp³-hybridized carbons (Fsp3) is 0.667. The third kappa shape index (κ3) is 3.59. The molecule has 1 aromatic heterocycles. The molecule has 1 aromatic rings. The van der Waals surface area contributed by atoms with Crippen molar-refractivity contribution in [2.75, 3.05) is 13.7 Å². The highest BCUT2D eigenvalue weighted by molar-refractivity contribution is 7.10. The van der Waals surface area contributed by atoms with Gasteiger partial charge in [-0.15, -0.1) is 11.3 Å². The molecule has 1 N–H and O–H groups in total. The summed E-state index contributed by atoms with van der Waals surface area (Å²) in [4.78, 5) is 1.37. The van der Waals surface area contributed by atoms with E-state index in [2.05, 4.69) is 36.7 Å². The Morgan fingerprint density at radius 3 is 2.73 bits per heavy atom. The van der Waals surface area contributed by atoms with Gasteiger partial charge in [-0.05, 0) is 24.4 Å². The second kappa shape index (κ2) is 6.99. The predicted molar refractivity (Wildman–Crippen MR) is 66.4 cm³/mol. The van der Waals surface area contributed by atoms with Crippen LogP contribution in [0, 0.1) is 0 Å². The van der Waals surface area contributed by atoms with E-state index in [4.69, 9.17) is 4.74 Å². The lowest BCUT2D eigenvalue weighted by atomic mass is 10.0. The van der Waals surface area contributed by atoms with Gasteiger partial charge in [0.2, 0.25) is 0 Å². The molecule has 1 heterocycles. The Kier molecular flexibility index (Phi) is 5.91. The summed E-state index contributed by atoms with van der Waals surface area (Å²) in [5, 5.41) is 5.63. The summed E-state index contributed by atoms with van der Waals surface area (Å²) >= 11 is 1.80. The molecule has 0 aliphatic rings. The summed E-state index contributed by atoms with van der Waals surface area (Å²) in [6, 6.07) is 4.63. The summed E-state index contributed by atoms with van der Waals surface area (Å²) in [6.45, 7) is 5.31. The van der Waals surface area contributed by atoms with Gasteiger partial charge in [0, 0.05) is 12.0 Å². The average Bonchev–Trinajstić information content (AvgIpc) is 2.76. The van der Waals surface area contributed by atoms with E-state index in [1.807, 2.05) is 0 Å². The van der Waals surface area contributed by atoms with Crippen LogP contribution in [0.1, 0.15) is 37.6 Å². The van der Waals surface area contributed by atoms with Gasteiger partial charge >= 0.3 is 0 Å². The van der Waals surface area contributed by atoms with Crippen molar-refractivity contribution >= 4 is 11.3 Å². The maximum Gasteiger partial charge on any atom is 0.0773 e. The fourth-order valence-electron chi connectivity index (χ4n) is 1.81. The zero-order valence-corrected chi connectivity index (χ0v) is 10.6. The van der Waals surface area contributed by atoms with E-state index < -0.39 is 0 Å². The third-order valence-electron chi connectivity index (χ3n) is 2.52. The van der Waals surface area contributed by atoms with Crippen LogP contribution in [0.5, 0.6) is 0 Å². The van der Waals surface area contributed by atoms with Crippen LogP contribution in [-0.2, 0) is 4.74 Å². The van der Waals surface area contributed by atoms with E-state index in [-0.39, 0.29) is 6.10 Å². The first-order valence-corrected chi connectivity index (χ1v) is 6.51. The standard InChI is InChI=1S/C12H21NOS/c1-4-7-10(14-3)12(13-5-2)11-8-6-9-15-11/h6,8-10,12-13H,4-5,7H2,1-3H3. The number of ether oxygens (including phenoxy) is 1. The molecular weight excluding hydrogens is 206 g/mol. The van der Waals surface area contributed by atoms with Crippen LogP contribution in [0.3, 0.4) is 0 Å². The normalized spacial score (nSPS) is 15.1. The molecule has 3 heteroatoms. The van der Waals surface area contributed by atoms with E-state index in [1.54, 1.807) is 18.4 Å². The molecule has 2 nitrogen and oxygen atoms in total. The topological polar surface area (TPSA) is 21.3 Å². The number of methoxy groups -OCH3 is 1. The number of likely N-dealkylation sites (N-methyl/N-ethyl adjacent to an activating group) is 1. The van der Waals surface area contributed by atoms with Gasteiger partial charge in [-0.2, -0.15) is 0 Å². The first-order valence-electron chi connectivity index (χ1n) is 5.63. The summed E-state index contributed by atoms with van der Waals surface area (Å²) in [5.41, 5.74) is 0. The van der Waals surface area contributed by atoms with Crippen molar-refractivity contribution in [1.82, 2.24) is 5.32 Å². The zero-order chi connectivity index (χ0) is 11.1. The van der Waals surface area contributed by atoms with Crippen molar-refractivity contribution in [3.05, 3.63) is 22.4 Å². The Labute approximate surface area is 96.7 Å². The molecule has 0 bridgehead atoms. The Bertz CT molecular complexity index is 248. The molecule has 2 unspecified atom stereocenters. The molecule has 0 saturated carbocycles. The summed E-state index contributed by atoms with van der Waals surface area (Å²) in [5.74, 6) is 0. The number of hydrogen-bond acceptors (Lipinski definition) is 3. The van der Waals surface area contributed by atoms with Gasteiger partial charge in [0.1, 0.15) is 0 Å². The highest BCUT2D eigenvalue weighted by Crippen LogP contribution is 2.25. The maximum atomic E-state index is 5.57. The zero-order valence-electron chi connectivity index (χ0n) is 9.82. The molecule has 15 heavy (non-hydrogen) atoms. The highest BCUT2D eigenvalue weighted by Gasteiger charge is 2.21. The lowest BCUT2D eigenvalue weighted by Crippen LogP contribution is -2.32. The van der Waals surface area contributed by atoms with Gasteiger partial charge in [0.25, 0.3) is 0 Å². The number of thiophene rings is 1. The fourth-order valence-corrected chi connectivity index (χ4v) is 2.66. The van der Waals surface area contributed by atoms with Gasteiger partial charge in [-0.3, -0.25) is 0 Å². The lowest BCUT2D eigenvalue weighted by Gasteiger charge is -2.25. The molecule has 1 rings (SSSR count). The van der Waals surface area contributed by atoms with Crippen molar-refractivity contribution in [1.29, 1.82) is 0 Å². The number of hydrogen-bond donors (Lipinski definition) is 1. The van der Waals surface area contributed by atoms with Crippen LogP contribution in [0.2, 0.25) is 0 Å². The van der Waals surface area contributed by atoms with Gasteiger partial charge < -0.3 is 10.1 Å². The van der Waals surface area contributed by atoms with Gasteiger partial charge in [-0.1, -0.05) is 26.3 Å². The lowest BCUT2D eigenvalue weighted by molar-refractivity contribution is 0.0621. The minimum Gasteiger partial charge on any atom is -0.379 e. The Morgan fingerprint density at radius 1 is 1.47 bits per heavy atom. The van der Waals surface area contributed by atoms with E-state index in [9.17, 15) is 0 Å². The van der Waals surface area contributed by atoms with Crippen molar-refractivity contribution in [2.45, 2.75) is 38.8 Å². The summed E-state index contributed by atoms with van der Waals surface area (Å²) in [7, 11) is 1.80. The van der Waals surface area contributed by atoms with Crippen LogP contribution < -0.4 is 5.32 Å². The quantitative estimate of drug-likeness (QED) is 0.772. The van der Waals surface area contributed by atoms with Crippen molar-refractivity contribution in [3.63, 3.8) is 0 Å². The predicted octanol–water partition coefficient (Wildman–Crippen LogP) is 3.21. The van der Waals surface area contributed by atoms with Crippen LogP contribution >= 0.6 is 11.3 Å².